The first-order chi connectivity index (χ1) is 28.8. The van der Waals surface area contributed by atoms with Crippen molar-refractivity contribution >= 4 is 70.1 Å². The summed E-state index contributed by atoms with van der Waals surface area (Å²) in [5.74, 6) is 0. The van der Waals surface area contributed by atoms with Gasteiger partial charge in [0, 0.05) is 37.1 Å². The Kier molecular flexibility index (Phi) is 8.42. The first-order valence-electron chi connectivity index (χ1n) is 19.8. The molecule has 0 aliphatic carbocycles. The lowest BCUT2D eigenvalue weighted by molar-refractivity contribution is 1.28. The molecule has 11 aromatic rings. The fourth-order valence-corrected chi connectivity index (χ4v) is 9.88. The zero-order valence-electron chi connectivity index (χ0n) is 31.7. The number of para-hydroxylation sites is 1. The lowest BCUT2D eigenvalue weighted by Crippen LogP contribution is -2.11. The van der Waals surface area contributed by atoms with E-state index in [1.807, 2.05) is 11.3 Å². The third-order valence-corrected chi connectivity index (χ3v) is 12.6. The molecule has 1 nitrogen and oxygen atoms in total. The highest BCUT2D eigenvalue weighted by molar-refractivity contribution is 7.25. The van der Waals surface area contributed by atoms with Crippen LogP contribution >= 0.6 is 11.3 Å². The van der Waals surface area contributed by atoms with Gasteiger partial charge in [-0.05, 0) is 109 Å². The van der Waals surface area contributed by atoms with Crippen LogP contribution in [0.2, 0.25) is 0 Å². The highest BCUT2D eigenvalue weighted by Gasteiger charge is 2.21. The van der Waals surface area contributed by atoms with Crippen molar-refractivity contribution in [1.29, 1.82) is 0 Å². The van der Waals surface area contributed by atoms with Gasteiger partial charge in [-0.15, -0.1) is 11.3 Å². The van der Waals surface area contributed by atoms with E-state index in [2.05, 4.69) is 229 Å². The van der Waals surface area contributed by atoms with E-state index in [0.717, 1.165) is 17.1 Å². The van der Waals surface area contributed by atoms with E-state index in [1.165, 1.54) is 86.2 Å². The van der Waals surface area contributed by atoms with Crippen LogP contribution in [0.5, 0.6) is 0 Å². The molecule has 0 spiro atoms. The molecule has 0 bridgehead atoms. The molecular weight excluding hydrogens is 719 g/mol. The summed E-state index contributed by atoms with van der Waals surface area (Å²) in [4.78, 5) is 2.44. The summed E-state index contributed by atoms with van der Waals surface area (Å²) in [5.41, 5.74) is 13.0. The van der Waals surface area contributed by atoms with E-state index in [0.29, 0.717) is 0 Å². The van der Waals surface area contributed by atoms with Gasteiger partial charge >= 0.3 is 0 Å². The summed E-state index contributed by atoms with van der Waals surface area (Å²) in [6, 6.07) is 82.0. The largest absolute Gasteiger partial charge is 0.310 e. The molecule has 0 amide bonds. The average molecular weight is 756 g/mol. The maximum Gasteiger partial charge on any atom is 0.0540 e. The molecule has 272 valence electrons. The number of anilines is 3. The number of rotatable bonds is 7. The van der Waals surface area contributed by atoms with Crippen LogP contribution in [0, 0.1) is 0 Å². The van der Waals surface area contributed by atoms with E-state index < -0.39 is 0 Å². The van der Waals surface area contributed by atoms with E-state index in [1.54, 1.807) is 0 Å². The summed E-state index contributed by atoms with van der Waals surface area (Å²) >= 11 is 1.86. The smallest absolute Gasteiger partial charge is 0.0540 e. The third-order valence-electron chi connectivity index (χ3n) is 11.5. The van der Waals surface area contributed by atoms with Gasteiger partial charge in [0.2, 0.25) is 0 Å². The molecule has 1 aromatic heterocycles. The van der Waals surface area contributed by atoms with Crippen LogP contribution in [-0.2, 0) is 0 Å². The Balaban J connectivity index is 1.10. The average Bonchev–Trinajstić information content (AvgIpc) is 3.69. The second-order valence-electron chi connectivity index (χ2n) is 14.9. The minimum atomic E-state index is 1.10. The number of nitrogens with zero attached hydrogens (tertiary/aromatic N) is 1. The van der Waals surface area contributed by atoms with Gasteiger partial charge in [0.1, 0.15) is 0 Å². The molecule has 0 aliphatic heterocycles. The lowest BCUT2D eigenvalue weighted by Gasteiger charge is -2.29. The third kappa shape index (κ3) is 5.94. The molecule has 0 N–H and O–H groups in total. The monoisotopic (exact) mass is 755 g/mol. The normalized spacial score (nSPS) is 11.4. The number of benzene rings is 10. The summed E-state index contributed by atoms with van der Waals surface area (Å²) in [5, 5.41) is 7.60. The Morgan fingerprint density at radius 2 is 0.862 bits per heavy atom. The SMILES string of the molecule is c1cc(-c2ccccc2-c2ccc3ccccc3c2)cc(N(c2ccc(-c3cccc4ccccc34)cc2)c2ccccc2-c2cccc3sc4ccccc4c23)c1. The predicted molar refractivity (Wildman–Crippen MR) is 251 cm³/mol. The molecule has 11 rings (SSSR count). The number of fused-ring (bicyclic) bond motifs is 5. The van der Waals surface area contributed by atoms with Crippen molar-refractivity contribution in [2.75, 3.05) is 4.90 Å². The van der Waals surface area contributed by atoms with Crippen molar-refractivity contribution < 1.29 is 0 Å². The molecule has 0 atom stereocenters. The van der Waals surface area contributed by atoms with Crippen LogP contribution in [0.15, 0.2) is 224 Å². The van der Waals surface area contributed by atoms with E-state index in [9.17, 15) is 0 Å². The summed E-state index contributed by atoms with van der Waals surface area (Å²) < 4.78 is 2.60. The van der Waals surface area contributed by atoms with Gasteiger partial charge < -0.3 is 4.90 Å². The Morgan fingerprint density at radius 3 is 1.71 bits per heavy atom. The molecule has 0 saturated heterocycles. The maximum atomic E-state index is 2.44. The fraction of sp³-hybridized carbons (Fsp3) is 0. The first kappa shape index (κ1) is 34.0. The van der Waals surface area contributed by atoms with Gasteiger partial charge in [-0.3, -0.25) is 0 Å². The number of hydrogen-bond acceptors (Lipinski definition) is 2. The minimum absolute atomic E-state index is 1.10. The quantitative estimate of drug-likeness (QED) is 0.157. The van der Waals surface area contributed by atoms with Crippen LogP contribution in [0.1, 0.15) is 0 Å². The first-order valence-corrected chi connectivity index (χ1v) is 20.7. The van der Waals surface area contributed by atoms with Crippen LogP contribution in [0.25, 0.3) is 86.2 Å². The molecule has 10 aromatic carbocycles. The second-order valence-corrected chi connectivity index (χ2v) is 15.9. The molecule has 0 saturated carbocycles. The maximum absolute atomic E-state index is 2.44. The van der Waals surface area contributed by atoms with Crippen LogP contribution in [0.4, 0.5) is 17.1 Å². The molecule has 0 aliphatic rings. The van der Waals surface area contributed by atoms with Gasteiger partial charge in [0.05, 0.1) is 5.69 Å². The standard InChI is InChI=1S/C56H37NS/c1-2-16-41-36-43(31-30-38(41)14-1)49-22-6-5-21-48(49)42-18-11-19-45(37-42)57(44-34-32-40(33-35-44)47-25-12-17-39-15-3-4-20-46(39)47)53-27-9-7-23-50(53)51-26-13-29-55-56(51)52-24-8-10-28-54(52)58-55/h1-37H. The molecule has 0 unspecified atom stereocenters. The second kappa shape index (κ2) is 14.4. The Hall–Kier alpha value is -7.26. The van der Waals surface area contributed by atoms with E-state index in [4.69, 9.17) is 0 Å². The Labute approximate surface area is 342 Å². The van der Waals surface area contributed by atoms with Gasteiger partial charge in [-0.1, -0.05) is 176 Å². The summed E-state index contributed by atoms with van der Waals surface area (Å²) in [6.07, 6.45) is 0. The van der Waals surface area contributed by atoms with E-state index in [-0.39, 0.29) is 0 Å². The van der Waals surface area contributed by atoms with Crippen molar-refractivity contribution in [3.05, 3.63) is 224 Å². The van der Waals surface area contributed by atoms with Crippen LogP contribution in [-0.4, -0.2) is 0 Å². The number of hydrogen-bond donors (Lipinski definition) is 0. The van der Waals surface area contributed by atoms with Gasteiger partial charge in [0.25, 0.3) is 0 Å². The molecule has 2 heteroatoms. The van der Waals surface area contributed by atoms with Gasteiger partial charge in [0.15, 0.2) is 0 Å². The van der Waals surface area contributed by atoms with Crippen LogP contribution < -0.4 is 4.90 Å². The molecular formula is C56H37NS. The summed E-state index contributed by atoms with van der Waals surface area (Å²) in [7, 11) is 0. The van der Waals surface area contributed by atoms with Gasteiger partial charge in [-0.2, -0.15) is 0 Å². The van der Waals surface area contributed by atoms with Crippen molar-refractivity contribution in [1.82, 2.24) is 0 Å². The molecule has 0 fully saturated rings. The topological polar surface area (TPSA) is 3.24 Å². The van der Waals surface area contributed by atoms with Crippen molar-refractivity contribution in [2.45, 2.75) is 0 Å². The predicted octanol–water partition coefficient (Wildman–Crippen LogP) is 16.5. The molecule has 0 radical (unpaired) electrons. The van der Waals surface area contributed by atoms with Gasteiger partial charge in [-0.25, -0.2) is 0 Å². The van der Waals surface area contributed by atoms with Crippen LogP contribution in [0.3, 0.4) is 0 Å². The zero-order chi connectivity index (χ0) is 38.4. The molecule has 58 heavy (non-hydrogen) atoms. The highest BCUT2D eigenvalue weighted by Crippen LogP contribution is 2.47. The Morgan fingerprint density at radius 1 is 0.293 bits per heavy atom. The van der Waals surface area contributed by atoms with E-state index >= 15 is 0 Å². The minimum Gasteiger partial charge on any atom is -0.310 e. The van der Waals surface area contributed by atoms with Crippen molar-refractivity contribution in [3.63, 3.8) is 0 Å². The molecule has 1 heterocycles. The fourth-order valence-electron chi connectivity index (χ4n) is 8.75. The Bertz CT molecular complexity index is 3290. The van der Waals surface area contributed by atoms with Crippen molar-refractivity contribution in [2.24, 2.45) is 0 Å². The summed E-state index contributed by atoms with van der Waals surface area (Å²) in [6.45, 7) is 0. The number of thiophene rings is 1. The van der Waals surface area contributed by atoms with Crippen molar-refractivity contribution in [3.8, 4) is 44.5 Å². The highest BCUT2D eigenvalue weighted by atomic mass is 32.1. The zero-order valence-corrected chi connectivity index (χ0v) is 32.5. The lowest BCUT2D eigenvalue weighted by atomic mass is 9.92.